The minimum Gasteiger partial charge on any atom is -0.338 e. The Hall–Kier alpha value is -1.69. The number of rotatable bonds is 6. The van der Waals surface area contributed by atoms with Gasteiger partial charge in [0, 0.05) is 24.4 Å². The van der Waals surface area contributed by atoms with Gasteiger partial charge in [0.05, 0.1) is 12.1 Å². The summed E-state index contributed by atoms with van der Waals surface area (Å²) in [7, 11) is 0. The van der Waals surface area contributed by atoms with E-state index in [4.69, 9.17) is 4.52 Å². The summed E-state index contributed by atoms with van der Waals surface area (Å²) in [6.45, 7) is 6.33. The highest BCUT2D eigenvalue weighted by molar-refractivity contribution is 5.04. The van der Waals surface area contributed by atoms with Crippen molar-refractivity contribution in [3.8, 4) is 0 Å². The first kappa shape index (κ1) is 13.3. The monoisotopic (exact) mass is 275 g/mol. The highest BCUT2D eigenvalue weighted by Gasteiger charge is 2.30. The molecule has 1 N–H and O–H groups in total. The van der Waals surface area contributed by atoms with Crippen molar-refractivity contribution >= 4 is 0 Å². The third-order valence-corrected chi connectivity index (χ3v) is 3.95. The fourth-order valence-electron chi connectivity index (χ4n) is 2.29. The molecule has 0 radical (unpaired) electrons. The summed E-state index contributed by atoms with van der Waals surface area (Å²) in [5.41, 5.74) is 0. The molecular weight excluding hydrogens is 254 g/mol. The largest absolute Gasteiger partial charge is 0.338 e. The predicted molar refractivity (Wildman–Crippen MR) is 74.2 cm³/mol. The van der Waals surface area contributed by atoms with Gasteiger partial charge in [-0.2, -0.15) is 10.1 Å². The minimum absolute atomic E-state index is 0.0445. The van der Waals surface area contributed by atoms with Crippen molar-refractivity contribution in [1.29, 1.82) is 0 Å². The molecule has 0 saturated heterocycles. The van der Waals surface area contributed by atoms with E-state index in [1.807, 2.05) is 16.9 Å². The number of nitrogens with one attached hydrogen (secondary N) is 1. The van der Waals surface area contributed by atoms with Crippen LogP contribution in [-0.4, -0.2) is 26.0 Å². The minimum atomic E-state index is 0.0445. The second-order valence-corrected chi connectivity index (χ2v) is 5.67. The van der Waals surface area contributed by atoms with Gasteiger partial charge < -0.3 is 9.84 Å². The zero-order chi connectivity index (χ0) is 14.1. The van der Waals surface area contributed by atoms with E-state index in [9.17, 15) is 0 Å². The van der Waals surface area contributed by atoms with Gasteiger partial charge >= 0.3 is 0 Å². The molecule has 2 aromatic heterocycles. The van der Waals surface area contributed by atoms with Gasteiger partial charge in [-0.25, -0.2) is 0 Å². The maximum atomic E-state index is 5.35. The molecule has 2 heterocycles. The molecule has 0 aliphatic heterocycles. The second-order valence-electron chi connectivity index (χ2n) is 5.67. The summed E-state index contributed by atoms with van der Waals surface area (Å²) in [5, 5.41) is 11.8. The molecule has 0 unspecified atom stereocenters. The van der Waals surface area contributed by atoms with Crippen LogP contribution in [0.1, 0.15) is 63.3 Å². The van der Waals surface area contributed by atoms with Crippen molar-refractivity contribution < 1.29 is 4.52 Å². The van der Waals surface area contributed by atoms with Gasteiger partial charge in [-0.3, -0.25) is 4.68 Å². The molecule has 6 nitrogen and oxygen atoms in total. The van der Waals surface area contributed by atoms with E-state index in [1.165, 1.54) is 12.8 Å². The predicted octanol–water partition coefficient (Wildman–Crippen LogP) is 2.44. The van der Waals surface area contributed by atoms with Crippen LogP contribution in [-0.2, 0) is 0 Å². The van der Waals surface area contributed by atoms with Gasteiger partial charge in [0.15, 0.2) is 5.82 Å². The molecule has 1 fully saturated rings. The van der Waals surface area contributed by atoms with Crippen LogP contribution in [0.3, 0.4) is 0 Å². The molecule has 6 heteroatoms. The molecule has 0 aromatic carbocycles. The molecule has 1 aliphatic carbocycles. The fourth-order valence-corrected chi connectivity index (χ4v) is 2.29. The third-order valence-electron chi connectivity index (χ3n) is 3.95. The van der Waals surface area contributed by atoms with Gasteiger partial charge in [0.1, 0.15) is 0 Å². The maximum absolute atomic E-state index is 5.35. The Morgan fingerprint density at radius 1 is 1.35 bits per heavy atom. The average molecular weight is 275 g/mol. The average Bonchev–Trinajstić information content (AvgIpc) is 2.97. The van der Waals surface area contributed by atoms with E-state index < -0.39 is 0 Å². The lowest BCUT2D eigenvalue weighted by molar-refractivity contribution is 0.291. The van der Waals surface area contributed by atoms with Crippen LogP contribution in [0.15, 0.2) is 23.0 Å². The summed E-state index contributed by atoms with van der Waals surface area (Å²) in [6, 6.07) is 2.49. The van der Waals surface area contributed by atoms with E-state index in [1.54, 1.807) is 6.20 Å². The Morgan fingerprint density at radius 2 is 2.15 bits per heavy atom. The van der Waals surface area contributed by atoms with Crippen LogP contribution in [0.5, 0.6) is 0 Å². The molecule has 2 aromatic rings. The van der Waals surface area contributed by atoms with Gasteiger partial charge in [0.2, 0.25) is 5.89 Å². The molecular formula is C14H21N5O. The van der Waals surface area contributed by atoms with Crippen molar-refractivity contribution in [2.75, 3.05) is 0 Å². The summed E-state index contributed by atoms with van der Waals surface area (Å²) in [5.74, 6) is 2.06. The Balaban J connectivity index is 1.60. The topological polar surface area (TPSA) is 68.8 Å². The third kappa shape index (κ3) is 2.75. The SMILES string of the molecule is C[C@H](N[C@H](C)[C@H](C)n1cccn1)c1nc(C2CC2)no1. The lowest BCUT2D eigenvalue weighted by atomic mass is 10.1. The Labute approximate surface area is 118 Å². The quantitative estimate of drug-likeness (QED) is 0.877. The summed E-state index contributed by atoms with van der Waals surface area (Å²) < 4.78 is 7.31. The Kier molecular flexibility index (Phi) is 3.56. The van der Waals surface area contributed by atoms with Crippen LogP contribution in [0.25, 0.3) is 0 Å². The zero-order valence-corrected chi connectivity index (χ0v) is 12.2. The van der Waals surface area contributed by atoms with Crippen molar-refractivity contribution in [1.82, 2.24) is 25.2 Å². The molecule has 1 aliphatic rings. The highest BCUT2D eigenvalue weighted by atomic mass is 16.5. The molecule has 0 spiro atoms. The lowest BCUT2D eigenvalue weighted by Crippen LogP contribution is -2.35. The Bertz CT molecular complexity index is 546. The molecule has 1 saturated carbocycles. The van der Waals surface area contributed by atoms with Gasteiger partial charge in [-0.05, 0) is 39.7 Å². The summed E-state index contributed by atoms with van der Waals surface area (Å²) in [6.07, 6.45) is 6.15. The number of aromatic nitrogens is 4. The molecule has 108 valence electrons. The van der Waals surface area contributed by atoms with E-state index in [-0.39, 0.29) is 18.1 Å². The molecule has 20 heavy (non-hydrogen) atoms. The second kappa shape index (κ2) is 5.36. The Morgan fingerprint density at radius 3 is 2.80 bits per heavy atom. The van der Waals surface area contributed by atoms with Crippen molar-refractivity contribution in [2.45, 2.75) is 57.7 Å². The number of hydrogen-bond donors (Lipinski definition) is 1. The lowest BCUT2D eigenvalue weighted by Gasteiger charge is -2.24. The smallest absolute Gasteiger partial charge is 0.243 e. The van der Waals surface area contributed by atoms with Crippen LogP contribution >= 0.6 is 0 Å². The first-order valence-corrected chi connectivity index (χ1v) is 7.24. The highest BCUT2D eigenvalue weighted by Crippen LogP contribution is 2.38. The molecule has 0 amide bonds. The van der Waals surface area contributed by atoms with Crippen LogP contribution in [0.2, 0.25) is 0 Å². The first-order valence-electron chi connectivity index (χ1n) is 7.24. The van der Waals surface area contributed by atoms with E-state index in [0.717, 1.165) is 5.82 Å². The van der Waals surface area contributed by atoms with Crippen molar-refractivity contribution in [3.63, 3.8) is 0 Å². The van der Waals surface area contributed by atoms with E-state index in [2.05, 4.69) is 41.3 Å². The molecule has 3 atom stereocenters. The summed E-state index contributed by atoms with van der Waals surface area (Å²) >= 11 is 0. The molecule has 0 bridgehead atoms. The van der Waals surface area contributed by atoms with Crippen LogP contribution in [0.4, 0.5) is 0 Å². The number of hydrogen-bond acceptors (Lipinski definition) is 5. The maximum Gasteiger partial charge on any atom is 0.243 e. The van der Waals surface area contributed by atoms with E-state index in [0.29, 0.717) is 11.8 Å². The van der Waals surface area contributed by atoms with E-state index >= 15 is 0 Å². The van der Waals surface area contributed by atoms with Crippen LogP contribution < -0.4 is 5.32 Å². The fraction of sp³-hybridized carbons (Fsp3) is 0.643. The normalized spacial score (nSPS) is 19.8. The molecule has 3 rings (SSSR count). The zero-order valence-electron chi connectivity index (χ0n) is 12.2. The first-order chi connectivity index (χ1) is 9.65. The van der Waals surface area contributed by atoms with Gasteiger partial charge in [-0.15, -0.1) is 0 Å². The van der Waals surface area contributed by atoms with Gasteiger partial charge in [0.25, 0.3) is 0 Å². The van der Waals surface area contributed by atoms with Gasteiger partial charge in [-0.1, -0.05) is 5.16 Å². The summed E-state index contributed by atoms with van der Waals surface area (Å²) in [4.78, 5) is 4.48. The standard InChI is InChI=1S/C14H21N5O/c1-9(11(3)19-8-4-7-15-19)16-10(2)14-17-13(18-20-14)12-5-6-12/h4,7-12,16H,5-6H2,1-3H3/t9-,10+,11+/m1/s1. The van der Waals surface area contributed by atoms with Crippen molar-refractivity contribution in [3.05, 3.63) is 30.2 Å². The number of nitrogens with zero attached hydrogens (tertiary/aromatic N) is 4. The van der Waals surface area contributed by atoms with Crippen LogP contribution in [0, 0.1) is 0 Å². The van der Waals surface area contributed by atoms with Crippen molar-refractivity contribution in [2.24, 2.45) is 0 Å².